The van der Waals surface area contributed by atoms with Gasteiger partial charge in [-0.3, -0.25) is 0 Å². The summed E-state index contributed by atoms with van der Waals surface area (Å²) in [5.74, 6) is 3.43. The second kappa shape index (κ2) is 6.39. The summed E-state index contributed by atoms with van der Waals surface area (Å²) in [4.78, 5) is 0. The molecule has 0 radical (unpaired) electrons. The van der Waals surface area contributed by atoms with E-state index in [2.05, 4.69) is 20.8 Å². The zero-order valence-electron chi connectivity index (χ0n) is 12.1. The molecule has 0 spiro atoms. The average molecular weight is 323 g/mol. The van der Waals surface area contributed by atoms with Gasteiger partial charge in [-0.2, -0.15) is 11.8 Å². The van der Waals surface area contributed by atoms with Gasteiger partial charge < -0.3 is 10.2 Å². The van der Waals surface area contributed by atoms with Crippen LogP contribution in [0.5, 0.6) is 0 Å². The van der Waals surface area contributed by atoms with Crippen molar-refractivity contribution in [3.05, 3.63) is 0 Å². The van der Waals surface area contributed by atoms with Crippen LogP contribution in [0.25, 0.3) is 0 Å². The molecule has 2 N–H and O–H groups in total. The summed E-state index contributed by atoms with van der Waals surface area (Å²) >= 11 is 1.95. The van der Waals surface area contributed by atoms with Gasteiger partial charge in [0.2, 0.25) is 0 Å². The summed E-state index contributed by atoms with van der Waals surface area (Å²) in [6.07, 6.45) is 2.59. The zero-order valence-corrected chi connectivity index (χ0v) is 14.5. The quantitative estimate of drug-likeness (QED) is 0.556. The molecule has 2 fully saturated rings. The van der Waals surface area contributed by atoms with Crippen molar-refractivity contribution in [3.63, 3.8) is 0 Å². The Morgan fingerprint density at radius 3 is 2.37 bits per heavy atom. The zero-order chi connectivity index (χ0) is 14.1. The van der Waals surface area contributed by atoms with Gasteiger partial charge in [0.25, 0.3) is 0 Å². The molecule has 2 aliphatic rings. The summed E-state index contributed by atoms with van der Waals surface area (Å²) in [6, 6.07) is 0. The van der Waals surface area contributed by atoms with E-state index in [1.165, 1.54) is 12.8 Å². The third-order valence-electron chi connectivity index (χ3n) is 4.90. The average Bonchev–Trinajstić information content (AvgIpc) is 2.87. The van der Waals surface area contributed by atoms with Crippen molar-refractivity contribution >= 4 is 33.3 Å². The second-order valence-corrected chi connectivity index (χ2v) is 10.8. The third kappa shape index (κ3) is 3.42. The Morgan fingerprint density at radius 2 is 1.74 bits per heavy atom. The van der Waals surface area contributed by atoms with Crippen molar-refractivity contribution in [1.82, 2.24) is 0 Å². The Labute approximate surface area is 129 Å². The van der Waals surface area contributed by atoms with Gasteiger partial charge in [0.1, 0.15) is 0 Å². The Hall–Kier alpha value is 0.970. The van der Waals surface area contributed by atoms with Crippen molar-refractivity contribution in [2.45, 2.75) is 43.6 Å². The fourth-order valence-electron chi connectivity index (χ4n) is 3.52. The van der Waals surface area contributed by atoms with Crippen molar-refractivity contribution in [3.8, 4) is 0 Å². The predicted molar refractivity (Wildman–Crippen MR) is 88.9 cm³/mol. The predicted octanol–water partition coefficient (Wildman–Crippen LogP) is 3.28. The van der Waals surface area contributed by atoms with Crippen LogP contribution in [0.15, 0.2) is 0 Å². The molecule has 0 saturated heterocycles. The first-order valence-electron chi connectivity index (χ1n) is 7.09. The highest BCUT2D eigenvalue weighted by Gasteiger charge is 2.64. The molecular formula is C14H26O2S3. The Morgan fingerprint density at radius 1 is 1.05 bits per heavy atom. The van der Waals surface area contributed by atoms with Crippen LogP contribution in [-0.2, 0) is 0 Å². The van der Waals surface area contributed by atoms with E-state index in [4.69, 9.17) is 10.2 Å². The van der Waals surface area contributed by atoms with E-state index in [-0.39, 0.29) is 18.0 Å². The molecule has 19 heavy (non-hydrogen) atoms. The first-order chi connectivity index (χ1) is 8.95. The van der Waals surface area contributed by atoms with Gasteiger partial charge >= 0.3 is 0 Å². The van der Waals surface area contributed by atoms with Gasteiger partial charge in [0.15, 0.2) is 0 Å². The highest BCUT2D eigenvalue weighted by Crippen LogP contribution is 2.70. The first-order valence-corrected chi connectivity index (χ1v) is 10.5. The summed E-state index contributed by atoms with van der Waals surface area (Å²) in [5, 5.41) is 18.7. The van der Waals surface area contributed by atoms with Crippen LogP contribution in [-0.4, -0.2) is 44.9 Å². The summed E-state index contributed by atoms with van der Waals surface area (Å²) in [7, 11) is 3.78. The topological polar surface area (TPSA) is 40.5 Å². The number of hydrogen-bond donors (Lipinski definition) is 2. The number of fused-ring (bicyclic) bond motifs is 1. The third-order valence-corrected chi connectivity index (χ3v) is 9.87. The standard InChI is InChI=1S/C14H26O2S3/c1-13(2)10-8-12(17-6-4-15)14(3,9-11(10)13)19-18-7-5-16/h10-12,15-16H,4-9H2,1-3H3/t10-,11+,12+,14+/m1/s1. The maximum Gasteiger partial charge on any atom is 0.0530 e. The number of rotatable bonds is 7. The lowest BCUT2D eigenvalue weighted by atomic mass is 9.89. The molecule has 0 unspecified atom stereocenters. The summed E-state index contributed by atoms with van der Waals surface area (Å²) < 4.78 is 0.286. The van der Waals surface area contributed by atoms with Crippen molar-refractivity contribution < 1.29 is 10.2 Å². The van der Waals surface area contributed by atoms with E-state index < -0.39 is 0 Å². The molecule has 0 aromatic rings. The molecule has 2 nitrogen and oxygen atoms in total. The van der Waals surface area contributed by atoms with Crippen molar-refractivity contribution in [1.29, 1.82) is 0 Å². The maximum absolute atomic E-state index is 9.09. The lowest BCUT2D eigenvalue weighted by Gasteiger charge is -2.39. The van der Waals surface area contributed by atoms with E-state index >= 15 is 0 Å². The minimum absolute atomic E-state index is 0.264. The smallest absolute Gasteiger partial charge is 0.0530 e. The minimum atomic E-state index is 0.264. The molecule has 0 aliphatic heterocycles. The van der Waals surface area contributed by atoms with E-state index in [0.29, 0.717) is 10.7 Å². The highest BCUT2D eigenvalue weighted by atomic mass is 33.1. The van der Waals surface area contributed by atoms with Gasteiger partial charge in [-0.1, -0.05) is 35.4 Å². The Balaban J connectivity index is 1.99. The number of thioether (sulfide) groups is 1. The van der Waals surface area contributed by atoms with Crippen LogP contribution in [0.3, 0.4) is 0 Å². The van der Waals surface area contributed by atoms with E-state index in [0.717, 1.165) is 23.3 Å². The van der Waals surface area contributed by atoms with Gasteiger partial charge in [-0.05, 0) is 37.0 Å². The molecule has 2 aliphatic carbocycles. The van der Waals surface area contributed by atoms with Gasteiger partial charge in [0.05, 0.1) is 13.2 Å². The van der Waals surface area contributed by atoms with Gasteiger partial charge in [0, 0.05) is 21.5 Å². The Bertz CT molecular complexity index is 311. The maximum atomic E-state index is 9.09. The number of aliphatic hydroxyl groups is 2. The molecule has 2 saturated carbocycles. The van der Waals surface area contributed by atoms with Gasteiger partial charge in [-0.15, -0.1) is 0 Å². The van der Waals surface area contributed by atoms with E-state index in [9.17, 15) is 0 Å². The minimum Gasteiger partial charge on any atom is -0.396 e. The molecule has 0 aromatic carbocycles. The molecule has 0 aromatic heterocycles. The summed E-state index contributed by atoms with van der Waals surface area (Å²) in [5.41, 5.74) is 0.526. The van der Waals surface area contributed by atoms with Crippen LogP contribution < -0.4 is 0 Å². The molecule has 2 rings (SSSR count). The van der Waals surface area contributed by atoms with Crippen LogP contribution in [0.1, 0.15) is 33.6 Å². The first kappa shape index (κ1) is 16.3. The van der Waals surface area contributed by atoms with Crippen LogP contribution in [0.2, 0.25) is 0 Å². The Kier molecular flexibility index (Phi) is 5.49. The SMILES string of the molecule is CC1(C)[C@@H]2C[C@H](SCCO)[C@@](C)(SSCCO)C[C@@H]21. The van der Waals surface area contributed by atoms with Gasteiger partial charge in [-0.25, -0.2) is 0 Å². The number of hydrogen-bond acceptors (Lipinski definition) is 5. The van der Waals surface area contributed by atoms with Crippen molar-refractivity contribution in [2.75, 3.05) is 24.7 Å². The lowest BCUT2D eigenvalue weighted by Crippen LogP contribution is -2.38. The van der Waals surface area contributed by atoms with E-state index in [1.807, 2.05) is 33.3 Å². The highest BCUT2D eigenvalue weighted by molar-refractivity contribution is 8.77. The fourth-order valence-corrected chi connectivity index (χ4v) is 7.94. The van der Waals surface area contributed by atoms with Crippen LogP contribution >= 0.6 is 33.3 Å². The van der Waals surface area contributed by atoms with Crippen molar-refractivity contribution in [2.24, 2.45) is 17.3 Å². The monoisotopic (exact) mass is 322 g/mol. The molecule has 0 bridgehead atoms. The molecular weight excluding hydrogens is 296 g/mol. The van der Waals surface area contributed by atoms with Crippen LogP contribution in [0, 0.1) is 17.3 Å². The molecule has 0 amide bonds. The molecule has 5 heteroatoms. The van der Waals surface area contributed by atoms with Crippen LogP contribution in [0.4, 0.5) is 0 Å². The second-order valence-electron chi connectivity index (χ2n) is 6.50. The molecule has 4 atom stereocenters. The molecule has 0 heterocycles. The summed E-state index contributed by atoms with van der Waals surface area (Å²) in [6.45, 7) is 7.76. The lowest BCUT2D eigenvalue weighted by molar-refractivity contribution is 0.321. The van der Waals surface area contributed by atoms with E-state index in [1.54, 1.807) is 0 Å². The molecule has 112 valence electrons. The largest absolute Gasteiger partial charge is 0.396 e. The normalized spacial score (nSPS) is 39.9. The number of aliphatic hydroxyl groups excluding tert-OH is 2. The fraction of sp³-hybridized carbons (Fsp3) is 1.00.